The minimum absolute atomic E-state index is 0.0852. The van der Waals surface area contributed by atoms with Gasteiger partial charge in [0.15, 0.2) is 0 Å². The van der Waals surface area contributed by atoms with Gasteiger partial charge in [0.2, 0.25) is 0 Å². The van der Waals surface area contributed by atoms with E-state index in [1.165, 1.54) is 16.8 Å². The van der Waals surface area contributed by atoms with E-state index in [0.717, 1.165) is 18.7 Å². The number of thiophene rings is 1. The Bertz CT molecular complexity index is 792. The molecule has 1 aromatic carbocycles. The van der Waals surface area contributed by atoms with Crippen LogP contribution in [0.4, 0.5) is 0 Å². The summed E-state index contributed by atoms with van der Waals surface area (Å²) in [6.45, 7) is 1.50. The first-order chi connectivity index (χ1) is 10.8. The summed E-state index contributed by atoms with van der Waals surface area (Å²) >= 11 is 1.78. The predicted molar refractivity (Wildman–Crippen MR) is 84.1 cm³/mol. The maximum absolute atomic E-state index is 12.6. The van der Waals surface area contributed by atoms with Gasteiger partial charge in [-0.2, -0.15) is 5.10 Å². The zero-order chi connectivity index (χ0) is 14.9. The molecule has 6 heteroatoms. The van der Waals surface area contributed by atoms with Crippen LogP contribution in [0.3, 0.4) is 0 Å². The van der Waals surface area contributed by atoms with Crippen molar-refractivity contribution in [2.24, 2.45) is 0 Å². The lowest BCUT2D eigenvalue weighted by Crippen LogP contribution is -2.35. The second-order valence-electron chi connectivity index (χ2n) is 5.23. The number of amides is 1. The molecule has 0 saturated heterocycles. The zero-order valence-electron chi connectivity index (χ0n) is 11.8. The Hall–Kier alpha value is -2.47. The molecule has 2 aromatic heterocycles. The van der Waals surface area contributed by atoms with E-state index < -0.39 is 0 Å². The molecule has 4 rings (SSSR count). The van der Waals surface area contributed by atoms with E-state index in [4.69, 9.17) is 0 Å². The molecular formula is C16H14N4OS. The molecule has 0 aliphatic carbocycles. The van der Waals surface area contributed by atoms with E-state index in [1.807, 2.05) is 29.2 Å². The Morgan fingerprint density at radius 3 is 2.82 bits per heavy atom. The molecule has 110 valence electrons. The van der Waals surface area contributed by atoms with Crippen molar-refractivity contribution < 1.29 is 4.79 Å². The van der Waals surface area contributed by atoms with Crippen LogP contribution in [0.5, 0.6) is 0 Å². The molecule has 0 spiro atoms. The van der Waals surface area contributed by atoms with Crippen molar-refractivity contribution in [3.63, 3.8) is 0 Å². The van der Waals surface area contributed by atoms with Crippen molar-refractivity contribution >= 4 is 17.2 Å². The van der Waals surface area contributed by atoms with Gasteiger partial charge in [-0.3, -0.25) is 4.79 Å². The average Bonchev–Trinajstić information content (AvgIpc) is 3.25. The van der Waals surface area contributed by atoms with Crippen molar-refractivity contribution in [1.82, 2.24) is 19.7 Å². The fraction of sp³-hybridized carbons (Fsp3) is 0.188. The summed E-state index contributed by atoms with van der Waals surface area (Å²) in [5.41, 5.74) is 2.89. The van der Waals surface area contributed by atoms with E-state index in [9.17, 15) is 4.79 Å². The second kappa shape index (κ2) is 5.38. The third-order valence-electron chi connectivity index (χ3n) is 3.89. The van der Waals surface area contributed by atoms with Crippen molar-refractivity contribution in [1.29, 1.82) is 0 Å². The summed E-state index contributed by atoms with van der Waals surface area (Å²) in [6.07, 6.45) is 4.08. The SMILES string of the molecule is O=C(c1ccc(-n2cncn2)cc1)N1CCc2sccc2C1. The number of hydrogen-bond donors (Lipinski definition) is 0. The molecule has 0 N–H and O–H groups in total. The Morgan fingerprint density at radius 1 is 1.18 bits per heavy atom. The van der Waals surface area contributed by atoms with Crippen LogP contribution in [-0.2, 0) is 13.0 Å². The van der Waals surface area contributed by atoms with Gasteiger partial charge in [0.25, 0.3) is 5.91 Å². The Morgan fingerprint density at radius 2 is 2.05 bits per heavy atom. The van der Waals surface area contributed by atoms with Gasteiger partial charge in [0, 0.05) is 23.5 Å². The molecule has 0 atom stereocenters. The van der Waals surface area contributed by atoms with Gasteiger partial charge in [-0.25, -0.2) is 9.67 Å². The van der Waals surface area contributed by atoms with Crippen LogP contribution in [-0.4, -0.2) is 32.1 Å². The number of fused-ring (bicyclic) bond motifs is 1. The zero-order valence-corrected chi connectivity index (χ0v) is 12.7. The highest BCUT2D eigenvalue weighted by atomic mass is 32.1. The number of rotatable bonds is 2. The smallest absolute Gasteiger partial charge is 0.254 e. The lowest BCUT2D eigenvalue weighted by molar-refractivity contribution is 0.0736. The number of hydrogen-bond acceptors (Lipinski definition) is 4. The van der Waals surface area contributed by atoms with Crippen molar-refractivity contribution in [3.05, 3.63) is 64.4 Å². The highest BCUT2D eigenvalue weighted by Gasteiger charge is 2.22. The number of aromatic nitrogens is 3. The fourth-order valence-electron chi connectivity index (χ4n) is 2.70. The molecule has 0 saturated carbocycles. The van der Waals surface area contributed by atoms with Gasteiger partial charge in [-0.1, -0.05) is 0 Å². The summed E-state index contributed by atoms with van der Waals surface area (Å²) in [7, 11) is 0. The standard InChI is InChI=1S/C16H14N4OS/c21-16(19-7-5-15-13(9-19)6-8-22-15)12-1-3-14(4-2-12)20-11-17-10-18-20/h1-4,6,8,10-11H,5,7,9H2. The van der Waals surface area contributed by atoms with Gasteiger partial charge >= 0.3 is 0 Å². The molecule has 22 heavy (non-hydrogen) atoms. The molecular weight excluding hydrogens is 296 g/mol. The maximum atomic E-state index is 12.6. The predicted octanol–water partition coefficient (Wildman–Crippen LogP) is 2.53. The number of carbonyl (C=O) groups is 1. The first kappa shape index (κ1) is 13.2. The van der Waals surface area contributed by atoms with Crippen LogP contribution >= 0.6 is 11.3 Å². The molecule has 1 aliphatic heterocycles. The van der Waals surface area contributed by atoms with Gasteiger partial charge in [-0.15, -0.1) is 11.3 Å². The molecule has 1 amide bonds. The summed E-state index contributed by atoms with van der Waals surface area (Å²) < 4.78 is 1.67. The van der Waals surface area contributed by atoms with Gasteiger partial charge in [0.05, 0.1) is 5.69 Å². The van der Waals surface area contributed by atoms with Gasteiger partial charge in [-0.05, 0) is 47.7 Å². The lowest BCUT2D eigenvalue weighted by atomic mass is 10.1. The Kier molecular flexibility index (Phi) is 3.23. The van der Waals surface area contributed by atoms with Crippen LogP contribution in [0.2, 0.25) is 0 Å². The van der Waals surface area contributed by atoms with Crippen molar-refractivity contribution in [3.8, 4) is 5.69 Å². The van der Waals surface area contributed by atoms with E-state index in [1.54, 1.807) is 22.3 Å². The van der Waals surface area contributed by atoms with Crippen molar-refractivity contribution in [2.45, 2.75) is 13.0 Å². The van der Waals surface area contributed by atoms with Crippen LogP contribution in [0.15, 0.2) is 48.4 Å². The summed E-state index contributed by atoms with van der Waals surface area (Å²) in [5, 5.41) is 6.18. The Balaban J connectivity index is 1.54. The largest absolute Gasteiger partial charge is 0.334 e. The third-order valence-corrected chi connectivity index (χ3v) is 4.92. The van der Waals surface area contributed by atoms with E-state index in [0.29, 0.717) is 12.1 Å². The third kappa shape index (κ3) is 2.31. The van der Waals surface area contributed by atoms with E-state index >= 15 is 0 Å². The van der Waals surface area contributed by atoms with E-state index in [2.05, 4.69) is 21.5 Å². The average molecular weight is 310 g/mol. The first-order valence-electron chi connectivity index (χ1n) is 7.11. The minimum atomic E-state index is 0.0852. The first-order valence-corrected chi connectivity index (χ1v) is 7.99. The van der Waals surface area contributed by atoms with Gasteiger partial charge in [0.1, 0.15) is 12.7 Å². The second-order valence-corrected chi connectivity index (χ2v) is 6.23. The topological polar surface area (TPSA) is 51.0 Å². The van der Waals surface area contributed by atoms with Gasteiger partial charge < -0.3 is 4.90 Å². The van der Waals surface area contributed by atoms with Crippen LogP contribution in [0.1, 0.15) is 20.8 Å². The summed E-state index contributed by atoms with van der Waals surface area (Å²) in [4.78, 5) is 19.9. The summed E-state index contributed by atoms with van der Waals surface area (Å²) in [6, 6.07) is 9.60. The molecule has 5 nitrogen and oxygen atoms in total. The summed E-state index contributed by atoms with van der Waals surface area (Å²) in [5.74, 6) is 0.0852. The molecule has 0 unspecified atom stereocenters. The van der Waals surface area contributed by atoms with Crippen molar-refractivity contribution in [2.75, 3.05) is 6.54 Å². The molecule has 0 bridgehead atoms. The molecule has 1 aliphatic rings. The van der Waals surface area contributed by atoms with Crippen LogP contribution in [0.25, 0.3) is 5.69 Å². The lowest BCUT2D eigenvalue weighted by Gasteiger charge is -2.27. The van der Waals surface area contributed by atoms with E-state index in [-0.39, 0.29) is 5.91 Å². The fourth-order valence-corrected chi connectivity index (χ4v) is 3.59. The molecule has 3 heterocycles. The quantitative estimate of drug-likeness (QED) is 0.731. The molecule has 0 fully saturated rings. The van der Waals surface area contributed by atoms with Crippen LogP contribution in [0, 0.1) is 0 Å². The Labute approximate surface area is 131 Å². The highest BCUT2D eigenvalue weighted by molar-refractivity contribution is 7.10. The monoisotopic (exact) mass is 310 g/mol. The van der Waals surface area contributed by atoms with Crippen LogP contribution < -0.4 is 0 Å². The number of carbonyl (C=O) groups excluding carboxylic acids is 1. The minimum Gasteiger partial charge on any atom is -0.334 e. The molecule has 3 aromatic rings. The number of nitrogens with zero attached hydrogens (tertiary/aromatic N) is 4. The number of benzene rings is 1. The normalized spacial score (nSPS) is 13.9. The molecule has 0 radical (unpaired) electrons. The highest BCUT2D eigenvalue weighted by Crippen LogP contribution is 2.25. The maximum Gasteiger partial charge on any atom is 0.254 e.